The van der Waals surface area contributed by atoms with Gasteiger partial charge in [-0.05, 0) is 25.0 Å². The Labute approximate surface area is 116 Å². The Morgan fingerprint density at radius 3 is 2.17 bits per heavy atom. The van der Waals surface area contributed by atoms with Gasteiger partial charge in [0.25, 0.3) is 0 Å². The predicted octanol–water partition coefficient (Wildman–Crippen LogP) is 2.69. The summed E-state index contributed by atoms with van der Waals surface area (Å²) in [6.07, 6.45) is 1.14. The van der Waals surface area contributed by atoms with Crippen molar-refractivity contribution >= 4 is 38.7 Å². The smallest absolute Gasteiger partial charge is 0.152 e. The summed E-state index contributed by atoms with van der Waals surface area (Å²) in [4.78, 5) is 0. The van der Waals surface area contributed by atoms with E-state index in [-0.39, 0.29) is 33.3 Å². The molecule has 1 aromatic carbocycles. The Hall–Kier alpha value is -0.650. The minimum Gasteiger partial charge on any atom is -0.505 e. The molecule has 1 aliphatic heterocycles. The number of benzene rings is 1. The molecule has 4 nitrogen and oxygen atoms in total. The number of sulfone groups is 1. The molecule has 2 N–H and O–H groups in total. The molecule has 0 amide bonds. The molecule has 0 aliphatic carbocycles. The number of anilines is 1. The summed E-state index contributed by atoms with van der Waals surface area (Å²) in [6.45, 7) is 0. The van der Waals surface area contributed by atoms with E-state index in [2.05, 4.69) is 5.32 Å². The van der Waals surface area contributed by atoms with E-state index in [1.54, 1.807) is 12.1 Å². The van der Waals surface area contributed by atoms with Crippen LogP contribution in [0.1, 0.15) is 12.8 Å². The number of hydrogen-bond acceptors (Lipinski definition) is 4. The molecule has 1 heterocycles. The first-order chi connectivity index (χ1) is 8.37. The van der Waals surface area contributed by atoms with Crippen molar-refractivity contribution in [1.29, 1.82) is 0 Å². The van der Waals surface area contributed by atoms with Crippen LogP contribution in [0.2, 0.25) is 10.0 Å². The molecule has 7 heteroatoms. The molecule has 1 fully saturated rings. The summed E-state index contributed by atoms with van der Waals surface area (Å²) in [5.74, 6) is 0.254. The Kier molecular flexibility index (Phi) is 3.94. The molecule has 100 valence electrons. The summed E-state index contributed by atoms with van der Waals surface area (Å²) in [6, 6.07) is 3.24. The number of nitrogens with one attached hydrogen (secondary N) is 1. The van der Waals surface area contributed by atoms with E-state index in [0.717, 1.165) is 0 Å². The maximum absolute atomic E-state index is 11.3. The number of rotatable bonds is 2. The van der Waals surface area contributed by atoms with Crippen LogP contribution in [0.5, 0.6) is 5.75 Å². The largest absolute Gasteiger partial charge is 0.505 e. The standard InChI is InChI=1S/C11H13Cl2NO3S/c12-9-5-8(6-10(13)11(9)15)14-7-1-3-18(16,17)4-2-7/h5-7,14-15H,1-4H2. The third-order valence-corrected chi connectivity index (χ3v) is 5.23. The SMILES string of the molecule is O=S1(=O)CCC(Nc2cc(Cl)c(O)c(Cl)c2)CC1. The van der Waals surface area contributed by atoms with Gasteiger partial charge in [0, 0.05) is 11.7 Å². The molecule has 0 unspecified atom stereocenters. The van der Waals surface area contributed by atoms with E-state index in [0.29, 0.717) is 18.5 Å². The molecule has 0 atom stereocenters. The van der Waals surface area contributed by atoms with Gasteiger partial charge in [-0.1, -0.05) is 23.2 Å². The first kappa shape index (κ1) is 13.8. The molecule has 0 saturated carbocycles. The second-order valence-electron chi connectivity index (χ2n) is 4.36. The number of hydrogen-bond donors (Lipinski definition) is 2. The van der Waals surface area contributed by atoms with Crippen LogP contribution in [0.15, 0.2) is 12.1 Å². The van der Waals surface area contributed by atoms with Gasteiger partial charge in [-0.15, -0.1) is 0 Å². The number of halogens is 2. The van der Waals surface area contributed by atoms with Crippen LogP contribution >= 0.6 is 23.2 Å². The lowest BCUT2D eigenvalue weighted by Gasteiger charge is -2.24. The van der Waals surface area contributed by atoms with Crippen LogP contribution in [-0.2, 0) is 9.84 Å². The molecule has 0 aromatic heterocycles. The zero-order valence-corrected chi connectivity index (χ0v) is 11.8. The van der Waals surface area contributed by atoms with Gasteiger partial charge >= 0.3 is 0 Å². The van der Waals surface area contributed by atoms with Gasteiger partial charge in [0.05, 0.1) is 21.6 Å². The molecular weight excluding hydrogens is 297 g/mol. The topological polar surface area (TPSA) is 66.4 Å². The van der Waals surface area contributed by atoms with Gasteiger partial charge in [-0.25, -0.2) is 8.42 Å². The fourth-order valence-electron chi connectivity index (χ4n) is 1.92. The summed E-state index contributed by atoms with van der Waals surface area (Å²) in [7, 11) is -2.86. The van der Waals surface area contributed by atoms with E-state index in [4.69, 9.17) is 23.2 Å². The highest BCUT2D eigenvalue weighted by molar-refractivity contribution is 7.91. The first-order valence-electron chi connectivity index (χ1n) is 5.52. The summed E-state index contributed by atoms with van der Waals surface area (Å²) >= 11 is 11.6. The van der Waals surface area contributed by atoms with Gasteiger partial charge in [0.1, 0.15) is 9.84 Å². The van der Waals surface area contributed by atoms with E-state index < -0.39 is 9.84 Å². The maximum atomic E-state index is 11.3. The Bertz CT molecular complexity index is 522. The number of aromatic hydroxyl groups is 1. The summed E-state index contributed by atoms with van der Waals surface area (Å²) in [5, 5.41) is 13.0. The molecule has 18 heavy (non-hydrogen) atoms. The van der Waals surface area contributed by atoms with Crippen molar-refractivity contribution in [3.05, 3.63) is 22.2 Å². The van der Waals surface area contributed by atoms with Crippen LogP contribution in [0.3, 0.4) is 0 Å². The van der Waals surface area contributed by atoms with Crippen LogP contribution < -0.4 is 5.32 Å². The highest BCUT2D eigenvalue weighted by Crippen LogP contribution is 2.35. The monoisotopic (exact) mass is 309 g/mol. The van der Waals surface area contributed by atoms with Gasteiger partial charge in [0.2, 0.25) is 0 Å². The van der Waals surface area contributed by atoms with E-state index in [9.17, 15) is 13.5 Å². The zero-order valence-electron chi connectivity index (χ0n) is 9.49. The molecule has 1 aromatic rings. The molecule has 0 radical (unpaired) electrons. The van der Waals surface area contributed by atoms with Gasteiger partial charge in [-0.2, -0.15) is 0 Å². The zero-order chi connectivity index (χ0) is 13.3. The van der Waals surface area contributed by atoms with E-state index in [1.807, 2.05) is 0 Å². The van der Waals surface area contributed by atoms with Crippen LogP contribution in [-0.4, -0.2) is 31.1 Å². The molecular formula is C11H13Cl2NO3S. The molecule has 0 spiro atoms. The molecule has 1 saturated heterocycles. The Morgan fingerprint density at radius 1 is 1.17 bits per heavy atom. The van der Waals surface area contributed by atoms with Crippen molar-refractivity contribution in [2.45, 2.75) is 18.9 Å². The third kappa shape index (κ3) is 3.22. The fourth-order valence-corrected chi connectivity index (χ4v) is 3.90. The van der Waals surface area contributed by atoms with Crippen LogP contribution in [0.25, 0.3) is 0 Å². The van der Waals surface area contributed by atoms with Crippen molar-refractivity contribution in [3.8, 4) is 5.75 Å². The van der Waals surface area contributed by atoms with E-state index in [1.165, 1.54) is 0 Å². The highest BCUT2D eigenvalue weighted by Gasteiger charge is 2.23. The van der Waals surface area contributed by atoms with Crippen LogP contribution in [0, 0.1) is 0 Å². The first-order valence-corrected chi connectivity index (χ1v) is 8.10. The van der Waals surface area contributed by atoms with Gasteiger partial charge in [0.15, 0.2) is 5.75 Å². The van der Waals surface area contributed by atoms with Crippen LogP contribution in [0.4, 0.5) is 5.69 Å². The quantitative estimate of drug-likeness (QED) is 0.824. The second-order valence-corrected chi connectivity index (χ2v) is 7.48. The van der Waals surface area contributed by atoms with Gasteiger partial charge in [-0.3, -0.25) is 0 Å². The predicted molar refractivity (Wildman–Crippen MR) is 73.4 cm³/mol. The van der Waals surface area contributed by atoms with E-state index >= 15 is 0 Å². The molecule has 2 rings (SSSR count). The van der Waals surface area contributed by atoms with Crippen molar-refractivity contribution in [1.82, 2.24) is 0 Å². The Balaban J connectivity index is 2.07. The lowest BCUT2D eigenvalue weighted by Crippen LogP contribution is -2.32. The highest BCUT2D eigenvalue weighted by atomic mass is 35.5. The normalized spacial score (nSPS) is 19.7. The fraction of sp³-hybridized carbons (Fsp3) is 0.455. The van der Waals surface area contributed by atoms with Crippen molar-refractivity contribution < 1.29 is 13.5 Å². The van der Waals surface area contributed by atoms with Gasteiger partial charge < -0.3 is 10.4 Å². The average molecular weight is 310 g/mol. The van der Waals surface area contributed by atoms with Crippen molar-refractivity contribution in [2.24, 2.45) is 0 Å². The molecule has 1 aliphatic rings. The summed E-state index contributed by atoms with van der Waals surface area (Å²) < 4.78 is 22.6. The lowest BCUT2D eigenvalue weighted by atomic mass is 10.1. The summed E-state index contributed by atoms with van der Waals surface area (Å²) in [5.41, 5.74) is 0.687. The van der Waals surface area contributed by atoms with Crippen molar-refractivity contribution in [2.75, 3.05) is 16.8 Å². The number of phenolic OH excluding ortho intramolecular Hbond substituents is 1. The lowest BCUT2D eigenvalue weighted by molar-refractivity contribution is 0.476. The minimum atomic E-state index is -2.86. The molecule has 0 bridgehead atoms. The van der Waals surface area contributed by atoms with Crippen molar-refractivity contribution in [3.63, 3.8) is 0 Å². The average Bonchev–Trinajstić information content (AvgIpc) is 2.29. The number of phenols is 1. The minimum absolute atomic E-state index is 0.0881. The second kappa shape index (κ2) is 5.15. The third-order valence-electron chi connectivity index (χ3n) is 2.94. The maximum Gasteiger partial charge on any atom is 0.152 e. The Morgan fingerprint density at radius 2 is 1.67 bits per heavy atom.